The van der Waals surface area contributed by atoms with Gasteiger partial charge in [0.1, 0.15) is 5.82 Å². The molecule has 0 heterocycles. The first-order valence-electron chi connectivity index (χ1n) is 7.45. The molecule has 0 unspecified atom stereocenters. The first-order chi connectivity index (χ1) is 11.6. The zero-order valence-corrected chi connectivity index (χ0v) is 13.7. The van der Waals surface area contributed by atoms with Crippen LogP contribution in [-0.4, -0.2) is 8.42 Å². The average molecular weight is 341 g/mol. The second-order valence-corrected chi connectivity index (χ2v) is 7.15. The van der Waals surface area contributed by atoms with E-state index in [0.29, 0.717) is 5.69 Å². The summed E-state index contributed by atoms with van der Waals surface area (Å²) in [5, 5.41) is 0. The molecule has 0 aliphatic carbocycles. The molecule has 0 aromatic heterocycles. The molecule has 3 aromatic rings. The van der Waals surface area contributed by atoms with Gasteiger partial charge in [0.25, 0.3) is 10.0 Å². The van der Waals surface area contributed by atoms with Gasteiger partial charge in [0, 0.05) is 0 Å². The molecule has 0 saturated heterocycles. The molecule has 0 saturated carbocycles. The summed E-state index contributed by atoms with van der Waals surface area (Å²) < 4.78 is 40.9. The molecular formula is C19H16FNO2S. The quantitative estimate of drug-likeness (QED) is 0.697. The summed E-state index contributed by atoms with van der Waals surface area (Å²) in [6.07, 6.45) is 0. The minimum absolute atomic E-state index is 0.0673. The van der Waals surface area contributed by atoms with Crippen LogP contribution in [-0.2, 0) is 16.6 Å². The van der Waals surface area contributed by atoms with Gasteiger partial charge in [-0.3, -0.25) is 4.31 Å². The lowest BCUT2D eigenvalue weighted by atomic mass is 10.2. The minimum Gasteiger partial charge on any atom is -0.262 e. The lowest BCUT2D eigenvalue weighted by molar-refractivity contribution is 0.586. The molecule has 3 nitrogen and oxygen atoms in total. The van der Waals surface area contributed by atoms with Crippen molar-refractivity contribution in [2.75, 3.05) is 4.31 Å². The Labute approximate surface area is 141 Å². The van der Waals surface area contributed by atoms with E-state index in [9.17, 15) is 12.8 Å². The van der Waals surface area contributed by atoms with Crippen LogP contribution >= 0.6 is 0 Å². The molecule has 122 valence electrons. The van der Waals surface area contributed by atoms with Gasteiger partial charge in [-0.15, -0.1) is 0 Å². The van der Waals surface area contributed by atoms with Crippen molar-refractivity contribution in [3.8, 4) is 0 Å². The lowest BCUT2D eigenvalue weighted by Gasteiger charge is -2.24. The summed E-state index contributed by atoms with van der Waals surface area (Å²) in [5.41, 5.74) is 1.38. The Morgan fingerprint density at radius 2 is 1.42 bits per heavy atom. The van der Waals surface area contributed by atoms with Crippen LogP contribution in [0.25, 0.3) is 0 Å². The second kappa shape index (κ2) is 6.84. The van der Waals surface area contributed by atoms with Crippen molar-refractivity contribution in [3.63, 3.8) is 0 Å². The number of nitrogens with zero attached hydrogens (tertiary/aromatic N) is 1. The van der Waals surface area contributed by atoms with Gasteiger partial charge in [-0.2, -0.15) is 0 Å². The van der Waals surface area contributed by atoms with E-state index in [-0.39, 0.29) is 11.4 Å². The van der Waals surface area contributed by atoms with Crippen molar-refractivity contribution in [2.24, 2.45) is 0 Å². The molecule has 3 aromatic carbocycles. The largest absolute Gasteiger partial charge is 0.264 e. The number of anilines is 1. The molecule has 5 heteroatoms. The Bertz CT molecular complexity index is 912. The fourth-order valence-electron chi connectivity index (χ4n) is 2.41. The maximum absolute atomic E-state index is 13.5. The summed E-state index contributed by atoms with van der Waals surface area (Å²) in [6.45, 7) is 0.170. The van der Waals surface area contributed by atoms with Crippen molar-refractivity contribution in [1.82, 2.24) is 0 Å². The summed E-state index contributed by atoms with van der Waals surface area (Å²) >= 11 is 0. The third-order valence-corrected chi connectivity index (χ3v) is 5.37. The van der Waals surface area contributed by atoms with Crippen molar-refractivity contribution >= 4 is 15.7 Å². The highest BCUT2D eigenvalue weighted by Gasteiger charge is 2.25. The number of hydrogen-bond acceptors (Lipinski definition) is 2. The minimum atomic E-state index is -3.88. The molecule has 0 N–H and O–H groups in total. The molecule has 24 heavy (non-hydrogen) atoms. The van der Waals surface area contributed by atoms with Gasteiger partial charge in [0.05, 0.1) is 17.1 Å². The molecular weight excluding hydrogens is 325 g/mol. The van der Waals surface area contributed by atoms with Gasteiger partial charge in [0.2, 0.25) is 0 Å². The van der Waals surface area contributed by atoms with Gasteiger partial charge < -0.3 is 0 Å². The number of rotatable bonds is 5. The van der Waals surface area contributed by atoms with Gasteiger partial charge in [0.15, 0.2) is 0 Å². The Hall–Kier alpha value is -2.66. The fourth-order valence-corrected chi connectivity index (χ4v) is 3.90. The summed E-state index contributed by atoms with van der Waals surface area (Å²) in [7, 11) is -3.88. The number of sulfonamides is 1. The predicted molar refractivity (Wildman–Crippen MR) is 92.7 cm³/mol. The zero-order valence-electron chi connectivity index (χ0n) is 12.8. The number of para-hydroxylation sites is 1. The van der Waals surface area contributed by atoms with Gasteiger partial charge in [-0.05, 0) is 35.9 Å². The molecule has 0 aliphatic rings. The predicted octanol–water partition coefficient (Wildman–Crippen LogP) is 4.22. The SMILES string of the molecule is O=S(=O)(c1cccc(F)c1)N(Cc1ccccc1)c1ccccc1. The Kier molecular flexibility index (Phi) is 4.62. The van der Waals surface area contributed by atoms with Crippen LogP contribution in [0.4, 0.5) is 10.1 Å². The molecule has 0 amide bonds. The summed E-state index contributed by atoms with van der Waals surface area (Å²) in [6, 6.07) is 23.2. The number of halogens is 1. The van der Waals surface area contributed by atoms with E-state index in [1.54, 1.807) is 24.3 Å². The molecule has 0 atom stereocenters. The molecule has 0 bridgehead atoms. The average Bonchev–Trinajstić information content (AvgIpc) is 2.61. The topological polar surface area (TPSA) is 37.4 Å². The highest BCUT2D eigenvalue weighted by molar-refractivity contribution is 7.92. The van der Waals surface area contributed by atoms with Crippen molar-refractivity contribution in [1.29, 1.82) is 0 Å². The van der Waals surface area contributed by atoms with Gasteiger partial charge >= 0.3 is 0 Å². The van der Waals surface area contributed by atoms with E-state index < -0.39 is 15.8 Å². The standard InChI is InChI=1S/C19H16FNO2S/c20-17-10-7-13-19(14-17)24(22,23)21(18-11-5-2-6-12-18)15-16-8-3-1-4-9-16/h1-14H,15H2. The van der Waals surface area contributed by atoms with Crippen LogP contribution in [0.1, 0.15) is 5.56 Å². The van der Waals surface area contributed by atoms with E-state index in [4.69, 9.17) is 0 Å². The smallest absolute Gasteiger partial charge is 0.262 e. The molecule has 0 fully saturated rings. The van der Waals surface area contributed by atoms with Crippen LogP contribution < -0.4 is 4.31 Å². The zero-order chi connectivity index (χ0) is 17.0. The second-order valence-electron chi connectivity index (χ2n) is 5.29. The number of hydrogen-bond donors (Lipinski definition) is 0. The van der Waals surface area contributed by atoms with Crippen LogP contribution in [0.2, 0.25) is 0 Å². The fraction of sp³-hybridized carbons (Fsp3) is 0.0526. The first-order valence-corrected chi connectivity index (χ1v) is 8.89. The van der Waals surface area contributed by atoms with E-state index in [0.717, 1.165) is 11.6 Å². The monoisotopic (exact) mass is 341 g/mol. The van der Waals surface area contributed by atoms with Crippen molar-refractivity contribution < 1.29 is 12.8 Å². The van der Waals surface area contributed by atoms with Gasteiger partial charge in [-0.25, -0.2) is 12.8 Å². The third-order valence-electron chi connectivity index (χ3n) is 3.60. The van der Waals surface area contributed by atoms with E-state index >= 15 is 0 Å². The number of benzene rings is 3. The van der Waals surface area contributed by atoms with Crippen LogP contribution in [0.3, 0.4) is 0 Å². The molecule has 3 rings (SSSR count). The molecule has 0 aliphatic heterocycles. The van der Waals surface area contributed by atoms with Crippen molar-refractivity contribution in [3.05, 3.63) is 96.3 Å². The molecule has 0 radical (unpaired) electrons. The lowest BCUT2D eigenvalue weighted by Crippen LogP contribution is -2.30. The molecule has 0 spiro atoms. The Morgan fingerprint density at radius 1 is 0.792 bits per heavy atom. The highest BCUT2D eigenvalue weighted by atomic mass is 32.2. The summed E-state index contributed by atoms with van der Waals surface area (Å²) in [5.74, 6) is -0.580. The first kappa shape index (κ1) is 16.2. The van der Waals surface area contributed by atoms with Crippen LogP contribution in [0.15, 0.2) is 89.8 Å². The maximum Gasteiger partial charge on any atom is 0.264 e. The normalized spacial score (nSPS) is 11.2. The van der Waals surface area contributed by atoms with E-state index in [2.05, 4.69) is 0 Å². The van der Waals surface area contributed by atoms with Crippen molar-refractivity contribution in [2.45, 2.75) is 11.4 Å². The highest BCUT2D eigenvalue weighted by Crippen LogP contribution is 2.26. The van der Waals surface area contributed by atoms with Crippen LogP contribution in [0, 0.1) is 5.82 Å². The third kappa shape index (κ3) is 3.46. The van der Waals surface area contributed by atoms with E-state index in [1.165, 1.54) is 22.5 Å². The Balaban J connectivity index is 2.07. The van der Waals surface area contributed by atoms with Gasteiger partial charge in [-0.1, -0.05) is 54.6 Å². The van der Waals surface area contributed by atoms with E-state index in [1.807, 2.05) is 36.4 Å². The Morgan fingerprint density at radius 3 is 2.04 bits per heavy atom. The van der Waals surface area contributed by atoms with Crippen LogP contribution in [0.5, 0.6) is 0 Å². The maximum atomic E-state index is 13.5. The summed E-state index contributed by atoms with van der Waals surface area (Å²) in [4.78, 5) is -0.0673.